The van der Waals surface area contributed by atoms with Crippen LogP contribution in [-0.2, 0) is 11.3 Å². The van der Waals surface area contributed by atoms with E-state index in [1.54, 1.807) is 18.3 Å². The van der Waals surface area contributed by atoms with Crippen molar-refractivity contribution in [3.63, 3.8) is 0 Å². The van der Waals surface area contributed by atoms with Gasteiger partial charge in [0.1, 0.15) is 11.9 Å². The van der Waals surface area contributed by atoms with Crippen LogP contribution in [0.25, 0.3) is 0 Å². The van der Waals surface area contributed by atoms with E-state index in [0.29, 0.717) is 17.9 Å². The molecule has 0 amide bonds. The summed E-state index contributed by atoms with van der Waals surface area (Å²) in [5.41, 5.74) is 2.91. The van der Waals surface area contributed by atoms with Gasteiger partial charge in [-0.1, -0.05) is 22.0 Å². The predicted octanol–water partition coefficient (Wildman–Crippen LogP) is 3.16. The fraction of sp³-hybridized carbons (Fsp3) is 0.294. The lowest BCUT2D eigenvalue weighted by atomic mass is 10.1. The Morgan fingerprint density at radius 2 is 2.13 bits per heavy atom. The topological polar surface area (TPSA) is 61.2 Å². The Morgan fingerprint density at radius 3 is 2.91 bits per heavy atom. The maximum atomic E-state index is 9.15. The maximum Gasteiger partial charge on any atom is 0.144 e. The number of nitrogens with one attached hydrogen (secondary N) is 1. The summed E-state index contributed by atoms with van der Waals surface area (Å²) in [6.07, 6.45) is 1.69. The minimum Gasteiger partial charge on any atom is -0.378 e. The number of ether oxygens (including phenoxy) is 1. The Morgan fingerprint density at radius 1 is 1.30 bits per heavy atom. The number of hydrogen-bond donors (Lipinski definition) is 1. The molecule has 1 aliphatic heterocycles. The first-order valence-electron chi connectivity index (χ1n) is 7.48. The van der Waals surface area contributed by atoms with Crippen molar-refractivity contribution < 1.29 is 4.74 Å². The summed E-state index contributed by atoms with van der Waals surface area (Å²) in [6.45, 7) is 3.88. The van der Waals surface area contributed by atoms with Crippen LogP contribution < -0.4 is 10.2 Å². The molecule has 23 heavy (non-hydrogen) atoms. The highest BCUT2D eigenvalue weighted by molar-refractivity contribution is 9.10. The first kappa shape index (κ1) is 15.8. The van der Waals surface area contributed by atoms with Crippen LogP contribution in [0.4, 0.5) is 11.5 Å². The smallest absolute Gasteiger partial charge is 0.144 e. The van der Waals surface area contributed by atoms with Crippen LogP contribution in [-0.4, -0.2) is 31.3 Å². The molecule has 0 atom stereocenters. The third-order valence-electron chi connectivity index (χ3n) is 3.77. The van der Waals surface area contributed by atoms with Crippen LogP contribution in [0, 0.1) is 11.3 Å². The third-order valence-corrected chi connectivity index (χ3v) is 4.27. The zero-order valence-corrected chi connectivity index (χ0v) is 14.2. The second kappa shape index (κ2) is 7.44. The van der Waals surface area contributed by atoms with E-state index in [9.17, 15) is 0 Å². The molecule has 2 aromatic rings. The van der Waals surface area contributed by atoms with Crippen LogP contribution in [0.15, 0.2) is 41.0 Å². The van der Waals surface area contributed by atoms with E-state index >= 15 is 0 Å². The van der Waals surface area contributed by atoms with Crippen molar-refractivity contribution in [1.29, 1.82) is 5.26 Å². The van der Waals surface area contributed by atoms with Gasteiger partial charge in [-0.15, -0.1) is 0 Å². The molecule has 1 N–H and O–H groups in total. The molecule has 0 bridgehead atoms. The van der Waals surface area contributed by atoms with Gasteiger partial charge in [-0.05, 0) is 29.8 Å². The third kappa shape index (κ3) is 3.81. The van der Waals surface area contributed by atoms with Gasteiger partial charge in [0.05, 0.1) is 18.8 Å². The van der Waals surface area contributed by atoms with Gasteiger partial charge in [-0.2, -0.15) is 5.26 Å². The molecule has 0 radical (unpaired) electrons. The number of halogens is 1. The van der Waals surface area contributed by atoms with Crippen LogP contribution >= 0.6 is 15.9 Å². The molecule has 0 unspecified atom stereocenters. The molecule has 1 saturated heterocycles. The second-order valence-electron chi connectivity index (χ2n) is 5.24. The minimum absolute atomic E-state index is 0.553. The summed E-state index contributed by atoms with van der Waals surface area (Å²) in [4.78, 5) is 6.58. The lowest BCUT2D eigenvalue weighted by molar-refractivity contribution is 0.122. The van der Waals surface area contributed by atoms with Crippen LogP contribution in [0.1, 0.15) is 11.1 Å². The second-order valence-corrected chi connectivity index (χ2v) is 6.15. The summed E-state index contributed by atoms with van der Waals surface area (Å²) >= 11 is 3.55. The first-order chi connectivity index (χ1) is 11.3. The molecule has 1 fully saturated rings. The number of hydrogen-bond acceptors (Lipinski definition) is 5. The fourth-order valence-corrected chi connectivity index (χ4v) is 2.95. The van der Waals surface area contributed by atoms with E-state index in [1.807, 2.05) is 6.07 Å². The van der Waals surface area contributed by atoms with E-state index in [0.717, 1.165) is 30.8 Å². The van der Waals surface area contributed by atoms with Gasteiger partial charge in [-0.25, -0.2) is 4.98 Å². The van der Waals surface area contributed by atoms with Crippen molar-refractivity contribution in [3.8, 4) is 6.07 Å². The van der Waals surface area contributed by atoms with Gasteiger partial charge in [0, 0.05) is 36.0 Å². The van der Waals surface area contributed by atoms with Crippen LogP contribution in [0.3, 0.4) is 0 Å². The molecule has 1 aromatic carbocycles. The first-order valence-corrected chi connectivity index (χ1v) is 8.27. The van der Waals surface area contributed by atoms with Crippen molar-refractivity contribution in [2.45, 2.75) is 6.54 Å². The Hall–Kier alpha value is -2.10. The largest absolute Gasteiger partial charge is 0.378 e. The van der Waals surface area contributed by atoms with E-state index in [2.05, 4.69) is 49.3 Å². The van der Waals surface area contributed by atoms with E-state index < -0.39 is 0 Å². The predicted molar refractivity (Wildman–Crippen MR) is 93.5 cm³/mol. The average Bonchev–Trinajstić information content (AvgIpc) is 2.61. The van der Waals surface area contributed by atoms with Gasteiger partial charge >= 0.3 is 0 Å². The standard InChI is InChI=1S/C17H17BrN4O/c18-15-4-3-14(16(10-15)22-6-8-23-9-7-22)12-21-17-13(11-19)2-1-5-20-17/h1-5,10H,6-9,12H2,(H,20,21). The SMILES string of the molecule is N#Cc1cccnc1NCc1ccc(Br)cc1N1CCOCC1. The summed E-state index contributed by atoms with van der Waals surface area (Å²) < 4.78 is 6.49. The van der Waals surface area contributed by atoms with E-state index in [-0.39, 0.29) is 0 Å². The van der Waals surface area contributed by atoms with Crippen molar-refractivity contribution in [1.82, 2.24) is 4.98 Å². The monoisotopic (exact) mass is 372 g/mol. The number of pyridine rings is 1. The van der Waals surface area contributed by atoms with Crippen molar-refractivity contribution in [2.24, 2.45) is 0 Å². The number of nitrogens with zero attached hydrogens (tertiary/aromatic N) is 3. The highest BCUT2D eigenvalue weighted by Crippen LogP contribution is 2.27. The van der Waals surface area contributed by atoms with Crippen LogP contribution in [0.5, 0.6) is 0 Å². The van der Waals surface area contributed by atoms with E-state index in [4.69, 9.17) is 10.00 Å². The molecule has 0 spiro atoms. The van der Waals surface area contributed by atoms with Gasteiger partial charge in [0.2, 0.25) is 0 Å². The molecule has 1 aromatic heterocycles. The van der Waals surface area contributed by atoms with Crippen LogP contribution in [0.2, 0.25) is 0 Å². The number of morpholine rings is 1. The lowest BCUT2D eigenvalue weighted by Crippen LogP contribution is -2.36. The molecule has 0 aliphatic carbocycles. The molecule has 6 heteroatoms. The molecule has 5 nitrogen and oxygen atoms in total. The Balaban J connectivity index is 1.81. The lowest BCUT2D eigenvalue weighted by Gasteiger charge is -2.31. The molecule has 2 heterocycles. The van der Waals surface area contributed by atoms with Gasteiger partial charge in [-0.3, -0.25) is 0 Å². The van der Waals surface area contributed by atoms with Gasteiger partial charge in [0.25, 0.3) is 0 Å². The summed E-state index contributed by atoms with van der Waals surface area (Å²) in [5.74, 6) is 0.617. The number of rotatable bonds is 4. The fourth-order valence-electron chi connectivity index (χ4n) is 2.60. The number of anilines is 2. The molecule has 1 aliphatic rings. The molecule has 0 saturated carbocycles. The quantitative estimate of drug-likeness (QED) is 0.892. The Kier molecular flexibility index (Phi) is 5.11. The molecular formula is C17H17BrN4O. The summed E-state index contributed by atoms with van der Waals surface area (Å²) in [6, 6.07) is 11.9. The van der Waals surface area contributed by atoms with Gasteiger partial charge in [0.15, 0.2) is 0 Å². The maximum absolute atomic E-state index is 9.15. The summed E-state index contributed by atoms with van der Waals surface area (Å²) in [5, 5.41) is 12.4. The zero-order valence-electron chi connectivity index (χ0n) is 12.6. The summed E-state index contributed by atoms with van der Waals surface area (Å²) in [7, 11) is 0. The highest BCUT2D eigenvalue weighted by Gasteiger charge is 2.15. The van der Waals surface area contributed by atoms with Crippen molar-refractivity contribution in [2.75, 3.05) is 36.5 Å². The van der Waals surface area contributed by atoms with Gasteiger partial charge < -0.3 is 15.0 Å². The Bertz CT molecular complexity index is 723. The number of aromatic nitrogens is 1. The van der Waals surface area contributed by atoms with Crippen molar-refractivity contribution in [3.05, 3.63) is 52.1 Å². The Labute approximate surface area is 144 Å². The number of benzene rings is 1. The number of nitriles is 1. The molecule has 3 rings (SSSR count). The normalized spacial score (nSPS) is 14.3. The zero-order chi connectivity index (χ0) is 16.1. The van der Waals surface area contributed by atoms with Crippen molar-refractivity contribution >= 4 is 27.4 Å². The minimum atomic E-state index is 0.553. The highest BCUT2D eigenvalue weighted by atomic mass is 79.9. The molecular weight excluding hydrogens is 356 g/mol. The van der Waals surface area contributed by atoms with E-state index in [1.165, 1.54) is 11.3 Å². The molecule has 118 valence electrons. The average molecular weight is 373 g/mol.